The van der Waals surface area contributed by atoms with Gasteiger partial charge in [0.25, 0.3) is 0 Å². The molecule has 0 aromatic carbocycles. The van der Waals surface area contributed by atoms with Crippen molar-refractivity contribution in [1.82, 2.24) is 15.1 Å². The second-order valence-electron chi connectivity index (χ2n) is 6.10. The minimum Gasteiger partial charge on any atom is -0.347 e. The van der Waals surface area contributed by atoms with E-state index in [2.05, 4.69) is 10.2 Å². The number of carbonyl (C=O) groups is 2. The van der Waals surface area contributed by atoms with Crippen molar-refractivity contribution >= 4 is 11.8 Å². The first-order valence-corrected chi connectivity index (χ1v) is 7.60. The van der Waals surface area contributed by atoms with E-state index in [0.717, 1.165) is 32.2 Å². The van der Waals surface area contributed by atoms with Gasteiger partial charge in [-0.2, -0.15) is 0 Å². The molecule has 1 rings (SSSR count). The lowest BCUT2D eigenvalue weighted by Crippen LogP contribution is -2.55. The molecule has 1 aliphatic rings. The molecule has 116 valence electrons. The molecule has 1 aliphatic heterocycles. The number of piperidine rings is 1. The molecule has 2 unspecified atom stereocenters. The van der Waals surface area contributed by atoms with Gasteiger partial charge in [0.2, 0.25) is 11.8 Å². The van der Waals surface area contributed by atoms with Crippen LogP contribution < -0.4 is 5.32 Å². The molecular weight excluding hydrogens is 254 g/mol. The van der Waals surface area contributed by atoms with Crippen LogP contribution in [0.2, 0.25) is 0 Å². The second kappa shape index (κ2) is 7.62. The maximum atomic E-state index is 12.4. The van der Waals surface area contributed by atoms with Crippen LogP contribution in [0, 0.1) is 5.92 Å². The number of hydrogen-bond acceptors (Lipinski definition) is 3. The summed E-state index contributed by atoms with van der Waals surface area (Å²) in [6.07, 6.45) is 3.97. The van der Waals surface area contributed by atoms with E-state index < -0.39 is 6.04 Å². The van der Waals surface area contributed by atoms with Crippen molar-refractivity contribution in [2.75, 3.05) is 27.7 Å². The Kier molecular flexibility index (Phi) is 6.46. The zero-order chi connectivity index (χ0) is 15.3. The van der Waals surface area contributed by atoms with Crippen molar-refractivity contribution in [1.29, 1.82) is 0 Å². The fraction of sp³-hybridized carbons (Fsp3) is 0.867. The van der Waals surface area contributed by atoms with Gasteiger partial charge in [0.05, 0.1) is 6.04 Å². The molecule has 20 heavy (non-hydrogen) atoms. The average molecular weight is 283 g/mol. The maximum Gasteiger partial charge on any atom is 0.244 e. The summed E-state index contributed by atoms with van der Waals surface area (Å²) in [7, 11) is 5.45. The summed E-state index contributed by atoms with van der Waals surface area (Å²) in [6, 6.07) is -0.511. The zero-order valence-electron chi connectivity index (χ0n) is 13.5. The Bertz CT molecular complexity index is 344. The van der Waals surface area contributed by atoms with E-state index in [0.29, 0.717) is 0 Å². The zero-order valence-corrected chi connectivity index (χ0v) is 13.5. The quantitative estimate of drug-likeness (QED) is 0.822. The number of nitrogens with one attached hydrogen (secondary N) is 1. The normalized spacial score (nSPS) is 22.9. The first kappa shape index (κ1) is 17.0. The monoisotopic (exact) mass is 283 g/mol. The molecule has 0 saturated carbocycles. The SMILES string of the molecule is CCC(C)[C@H](NC(=O)C1CCCCN1C)C(=O)N(C)C. The van der Waals surface area contributed by atoms with Gasteiger partial charge in [-0.3, -0.25) is 14.5 Å². The Morgan fingerprint density at radius 3 is 2.50 bits per heavy atom. The highest BCUT2D eigenvalue weighted by Crippen LogP contribution is 2.16. The topological polar surface area (TPSA) is 52.7 Å². The fourth-order valence-electron chi connectivity index (χ4n) is 2.62. The van der Waals surface area contributed by atoms with Crippen LogP contribution in [0.15, 0.2) is 0 Å². The molecule has 2 amide bonds. The third-order valence-electron chi connectivity index (χ3n) is 4.29. The van der Waals surface area contributed by atoms with E-state index in [1.165, 1.54) is 0 Å². The van der Waals surface area contributed by atoms with E-state index in [9.17, 15) is 9.59 Å². The lowest BCUT2D eigenvalue weighted by Gasteiger charge is -2.34. The first-order valence-electron chi connectivity index (χ1n) is 7.60. The smallest absolute Gasteiger partial charge is 0.244 e. The van der Waals surface area contributed by atoms with Gasteiger partial charge < -0.3 is 10.2 Å². The number of likely N-dealkylation sites (tertiary alicyclic amines) is 1. The molecule has 0 aliphatic carbocycles. The van der Waals surface area contributed by atoms with Crippen LogP contribution in [0.25, 0.3) is 0 Å². The summed E-state index contributed by atoms with van der Waals surface area (Å²) in [6.45, 7) is 5.00. The number of carbonyl (C=O) groups excluding carboxylic acids is 2. The number of amides is 2. The van der Waals surface area contributed by atoms with E-state index in [-0.39, 0.29) is 23.8 Å². The first-order chi connectivity index (χ1) is 9.38. The summed E-state index contributed by atoms with van der Waals surface area (Å²) in [5, 5.41) is 2.98. The molecule has 0 aromatic heterocycles. The Morgan fingerprint density at radius 1 is 1.35 bits per heavy atom. The van der Waals surface area contributed by atoms with Crippen molar-refractivity contribution < 1.29 is 9.59 Å². The number of likely N-dealkylation sites (N-methyl/N-ethyl adjacent to an activating group) is 2. The predicted octanol–water partition coefficient (Wildman–Crippen LogP) is 1.09. The van der Waals surface area contributed by atoms with Gasteiger partial charge in [0, 0.05) is 14.1 Å². The third kappa shape index (κ3) is 4.20. The minimum absolute atomic E-state index is 0.00676. The van der Waals surface area contributed by atoms with Gasteiger partial charge in [-0.1, -0.05) is 26.7 Å². The van der Waals surface area contributed by atoms with Crippen LogP contribution in [-0.4, -0.2) is 61.4 Å². The number of nitrogens with zero attached hydrogens (tertiary/aromatic N) is 2. The molecule has 5 nitrogen and oxygen atoms in total. The Labute approximate surface area is 122 Å². The highest BCUT2D eigenvalue weighted by atomic mass is 16.2. The van der Waals surface area contributed by atoms with Crippen molar-refractivity contribution in [3.63, 3.8) is 0 Å². The van der Waals surface area contributed by atoms with Crippen molar-refractivity contribution in [2.45, 2.75) is 51.6 Å². The molecule has 1 N–H and O–H groups in total. The minimum atomic E-state index is -0.419. The number of rotatable bonds is 5. The van der Waals surface area contributed by atoms with E-state index in [4.69, 9.17) is 0 Å². The standard InChI is InChI=1S/C15H29N3O2/c1-6-11(2)13(15(20)17(3)4)16-14(19)12-9-7-8-10-18(12)5/h11-13H,6-10H2,1-5H3,(H,16,19)/t11?,12?,13-/m0/s1. The van der Waals surface area contributed by atoms with Crippen LogP contribution in [0.4, 0.5) is 0 Å². The molecule has 0 bridgehead atoms. The number of hydrogen-bond donors (Lipinski definition) is 1. The van der Waals surface area contributed by atoms with Crippen LogP contribution in [0.5, 0.6) is 0 Å². The molecule has 1 saturated heterocycles. The third-order valence-corrected chi connectivity index (χ3v) is 4.29. The lowest BCUT2D eigenvalue weighted by atomic mass is 9.96. The molecule has 1 fully saturated rings. The largest absolute Gasteiger partial charge is 0.347 e. The highest BCUT2D eigenvalue weighted by molar-refractivity contribution is 5.89. The highest BCUT2D eigenvalue weighted by Gasteiger charge is 2.32. The summed E-state index contributed by atoms with van der Waals surface area (Å²) < 4.78 is 0. The van der Waals surface area contributed by atoms with Crippen LogP contribution in [-0.2, 0) is 9.59 Å². The van der Waals surface area contributed by atoms with E-state index in [1.807, 2.05) is 20.9 Å². The summed E-state index contributed by atoms with van der Waals surface area (Å²) in [4.78, 5) is 28.3. The average Bonchev–Trinajstić information content (AvgIpc) is 2.43. The Hall–Kier alpha value is -1.10. The van der Waals surface area contributed by atoms with E-state index in [1.54, 1.807) is 19.0 Å². The molecule has 1 heterocycles. The predicted molar refractivity (Wildman–Crippen MR) is 80.3 cm³/mol. The second-order valence-corrected chi connectivity index (χ2v) is 6.10. The molecule has 0 radical (unpaired) electrons. The van der Waals surface area contributed by atoms with Crippen molar-refractivity contribution in [3.05, 3.63) is 0 Å². The lowest BCUT2D eigenvalue weighted by molar-refractivity contribution is -0.137. The van der Waals surface area contributed by atoms with Gasteiger partial charge in [0.15, 0.2) is 0 Å². The van der Waals surface area contributed by atoms with Crippen LogP contribution >= 0.6 is 0 Å². The van der Waals surface area contributed by atoms with E-state index >= 15 is 0 Å². The maximum absolute atomic E-state index is 12.4. The summed E-state index contributed by atoms with van der Waals surface area (Å²) >= 11 is 0. The van der Waals surface area contributed by atoms with Crippen LogP contribution in [0.1, 0.15) is 39.5 Å². The van der Waals surface area contributed by atoms with Crippen molar-refractivity contribution in [2.24, 2.45) is 5.92 Å². The van der Waals surface area contributed by atoms with Gasteiger partial charge in [0.1, 0.15) is 6.04 Å². The Balaban J connectivity index is 2.73. The molecule has 0 spiro atoms. The molecule has 3 atom stereocenters. The summed E-state index contributed by atoms with van der Waals surface area (Å²) in [5.74, 6) is 0.113. The van der Waals surface area contributed by atoms with Gasteiger partial charge in [-0.05, 0) is 32.4 Å². The van der Waals surface area contributed by atoms with Gasteiger partial charge in [-0.15, -0.1) is 0 Å². The molecule has 0 aromatic rings. The Morgan fingerprint density at radius 2 is 2.00 bits per heavy atom. The van der Waals surface area contributed by atoms with Gasteiger partial charge >= 0.3 is 0 Å². The fourth-order valence-corrected chi connectivity index (χ4v) is 2.62. The van der Waals surface area contributed by atoms with Gasteiger partial charge in [-0.25, -0.2) is 0 Å². The molecular formula is C15H29N3O2. The summed E-state index contributed by atoms with van der Waals surface area (Å²) in [5.41, 5.74) is 0. The van der Waals surface area contributed by atoms with Crippen LogP contribution in [0.3, 0.4) is 0 Å². The van der Waals surface area contributed by atoms with Crippen molar-refractivity contribution in [3.8, 4) is 0 Å². The molecule has 5 heteroatoms.